The third kappa shape index (κ3) is 6.91. The van der Waals surface area contributed by atoms with E-state index in [9.17, 15) is 4.79 Å². The van der Waals surface area contributed by atoms with Crippen LogP contribution in [0.25, 0.3) is 0 Å². The normalized spacial score (nSPS) is 12.6. The maximum atomic E-state index is 11.8. The average molecular weight is 414 g/mol. The second-order valence-corrected chi connectivity index (χ2v) is 6.93. The van der Waals surface area contributed by atoms with E-state index in [2.05, 4.69) is 41.6 Å². The first-order chi connectivity index (χ1) is 14.6. The van der Waals surface area contributed by atoms with E-state index in [4.69, 9.17) is 9.41 Å². The van der Waals surface area contributed by atoms with E-state index in [1.54, 1.807) is 13.3 Å². The molecule has 2 aromatic rings. The van der Waals surface area contributed by atoms with Gasteiger partial charge in [0.2, 0.25) is 0 Å². The van der Waals surface area contributed by atoms with Gasteiger partial charge in [0, 0.05) is 25.7 Å². The van der Waals surface area contributed by atoms with Crippen molar-refractivity contribution < 1.29 is 9.21 Å². The van der Waals surface area contributed by atoms with Crippen LogP contribution in [-0.2, 0) is 6.42 Å². The summed E-state index contributed by atoms with van der Waals surface area (Å²) in [6.07, 6.45) is 2.51. The quantitative estimate of drug-likeness (QED) is 0.390. The Morgan fingerprint density at radius 1 is 1.13 bits per heavy atom. The summed E-state index contributed by atoms with van der Waals surface area (Å²) in [6, 6.07) is 11.7. The second kappa shape index (κ2) is 12.7. The molecule has 1 aromatic carbocycles. The van der Waals surface area contributed by atoms with Crippen LogP contribution >= 0.6 is 0 Å². The summed E-state index contributed by atoms with van der Waals surface area (Å²) in [5.41, 5.74) is 1.78. The number of amides is 1. The lowest BCUT2D eigenvalue weighted by Gasteiger charge is -2.27. The van der Waals surface area contributed by atoms with Crippen molar-refractivity contribution in [1.82, 2.24) is 20.9 Å². The molecule has 7 nitrogen and oxygen atoms in total. The minimum Gasteiger partial charge on any atom is -0.468 e. The second-order valence-electron chi connectivity index (χ2n) is 6.93. The lowest BCUT2D eigenvalue weighted by atomic mass is 10.1. The number of furan rings is 1. The Kier molecular flexibility index (Phi) is 9.94. The highest BCUT2D eigenvalue weighted by molar-refractivity contribution is 5.94. The van der Waals surface area contributed by atoms with E-state index in [1.165, 1.54) is 0 Å². The molecule has 1 atom stereocenters. The van der Waals surface area contributed by atoms with Crippen LogP contribution in [0.3, 0.4) is 0 Å². The molecule has 1 unspecified atom stereocenters. The molecule has 0 aliphatic rings. The summed E-state index contributed by atoms with van der Waals surface area (Å²) in [4.78, 5) is 19.0. The minimum atomic E-state index is -0.0694. The zero-order chi connectivity index (χ0) is 21.8. The molecular formula is C23H35N5O2. The van der Waals surface area contributed by atoms with Crippen molar-refractivity contribution in [2.24, 2.45) is 4.99 Å². The van der Waals surface area contributed by atoms with Crippen LogP contribution in [0.1, 0.15) is 48.5 Å². The van der Waals surface area contributed by atoms with Crippen LogP contribution < -0.4 is 16.0 Å². The largest absolute Gasteiger partial charge is 0.468 e. The molecule has 7 heteroatoms. The summed E-state index contributed by atoms with van der Waals surface area (Å²) in [5.74, 6) is 1.65. The van der Waals surface area contributed by atoms with Crippen LogP contribution in [0.4, 0.5) is 0 Å². The third-order valence-electron chi connectivity index (χ3n) is 5.01. The Balaban J connectivity index is 2.00. The number of likely N-dealkylation sites (N-methyl/N-ethyl adjacent to an activating group) is 1. The molecular weight excluding hydrogens is 378 g/mol. The van der Waals surface area contributed by atoms with Gasteiger partial charge >= 0.3 is 0 Å². The van der Waals surface area contributed by atoms with Gasteiger partial charge in [-0.05, 0) is 56.3 Å². The summed E-state index contributed by atoms with van der Waals surface area (Å²) < 4.78 is 5.67. The Labute approximate surface area is 179 Å². The number of hydrogen-bond donors (Lipinski definition) is 3. The van der Waals surface area contributed by atoms with E-state index >= 15 is 0 Å². The molecule has 0 radical (unpaired) electrons. The SMILES string of the molecule is CCNC(=NCC(c1ccco1)N(CC)CC)NCCc1cccc(C(=O)NC)c1. The first kappa shape index (κ1) is 23.5. The summed E-state index contributed by atoms with van der Waals surface area (Å²) in [6.45, 7) is 10.3. The van der Waals surface area contributed by atoms with Gasteiger partial charge in [0.15, 0.2) is 5.96 Å². The highest BCUT2D eigenvalue weighted by Crippen LogP contribution is 2.21. The lowest BCUT2D eigenvalue weighted by Crippen LogP contribution is -2.39. The van der Waals surface area contributed by atoms with E-state index in [0.717, 1.165) is 49.9 Å². The number of carbonyl (C=O) groups excluding carboxylic acids is 1. The minimum absolute atomic E-state index is 0.0694. The Hall–Kier alpha value is -2.80. The molecule has 0 saturated heterocycles. The van der Waals surface area contributed by atoms with Gasteiger partial charge in [-0.15, -0.1) is 0 Å². The van der Waals surface area contributed by atoms with Crippen LogP contribution in [0, 0.1) is 0 Å². The van der Waals surface area contributed by atoms with Gasteiger partial charge in [0.05, 0.1) is 18.8 Å². The van der Waals surface area contributed by atoms with Gasteiger partial charge in [-0.1, -0.05) is 26.0 Å². The molecule has 30 heavy (non-hydrogen) atoms. The monoisotopic (exact) mass is 413 g/mol. The molecule has 1 amide bonds. The predicted molar refractivity (Wildman–Crippen MR) is 122 cm³/mol. The van der Waals surface area contributed by atoms with Crippen molar-refractivity contribution in [3.8, 4) is 0 Å². The zero-order valence-corrected chi connectivity index (χ0v) is 18.6. The van der Waals surface area contributed by atoms with Gasteiger partial charge in [-0.25, -0.2) is 0 Å². The highest BCUT2D eigenvalue weighted by atomic mass is 16.3. The molecule has 2 rings (SSSR count). The molecule has 3 N–H and O–H groups in total. The summed E-state index contributed by atoms with van der Waals surface area (Å²) >= 11 is 0. The van der Waals surface area contributed by atoms with E-state index in [1.807, 2.05) is 36.4 Å². The zero-order valence-electron chi connectivity index (χ0n) is 18.6. The van der Waals surface area contributed by atoms with Crippen LogP contribution in [0.2, 0.25) is 0 Å². The molecule has 1 aromatic heterocycles. The maximum absolute atomic E-state index is 11.8. The number of rotatable bonds is 11. The van der Waals surface area contributed by atoms with Crippen molar-refractivity contribution in [2.45, 2.75) is 33.2 Å². The molecule has 0 aliphatic carbocycles. The number of nitrogens with zero attached hydrogens (tertiary/aromatic N) is 2. The van der Waals surface area contributed by atoms with Gasteiger partial charge < -0.3 is 20.4 Å². The van der Waals surface area contributed by atoms with Crippen LogP contribution in [0.15, 0.2) is 52.1 Å². The average Bonchev–Trinajstić information content (AvgIpc) is 3.30. The first-order valence-electron chi connectivity index (χ1n) is 10.7. The van der Waals surface area contributed by atoms with E-state index in [-0.39, 0.29) is 11.9 Å². The fourth-order valence-electron chi connectivity index (χ4n) is 3.39. The van der Waals surface area contributed by atoms with Crippen molar-refractivity contribution >= 4 is 11.9 Å². The Morgan fingerprint density at radius 3 is 2.57 bits per heavy atom. The highest BCUT2D eigenvalue weighted by Gasteiger charge is 2.20. The fourth-order valence-corrected chi connectivity index (χ4v) is 3.39. The molecule has 0 bridgehead atoms. The topological polar surface area (TPSA) is 81.9 Å². The van der Waals surface area contributed by atoms with E-state index < -0.39 is 0 Å². The molecule has 0 aliphatic heterocycles. The standard InChI is InChI=1S/C23H35N5O2/c1-5-25-23(26-14-13-18-10-8-11-19(16-18)22(29)24-4)27-17-20(28(6-2)7-3)21-12-9-15-30-21/h8-12,15-16,20H,5-7,13-14,17H2,1-4H3,(H,24,29)(H2,25,26,27). The Bertz CT molecular complexity index is 785. The van der Waals surface area contributed by atoms with Gasteiger partial charge in [-0.3, -0.25) is 14.7 Å². The van der Waals surface area contributed by atoms with Crippen molar-refractivity contribution in [1.29, 1.82) is 0 Å². The number of aliphatic imine (C=N–C) groups is 1. The number of nitrogens with one attached hydrogen (secondary N) is 3. The third-order valence-corrected chi connectivity index (χ3v) is 5.01. The van der Waals surface area contributed by atoms with Crippen LogP contribution in [-0.4, -0.2) is 56.5 Å². The smallest absolute Gasteiger partial charge is 0.251 e. The lowest BCUT2D eigenvalue weighted by molar-refractivity contribution is 0.0963. The summed E-state index contributed by atoms with van der Waals surface area (Å²) in [5, 5.41) is 9.37. The molecule has 1 heterocycles. The molecule has 0 saturated carbocycles. The van der Waals surface area contributed by atoms with Crippen LogP contribution in [0.5, 0.6) is 0 Å². The number of hydrogen-bond acceptors (Lipinski definition) is 4. The Morgan fingerprint density at radius 2 is 1.93 bits per heavy atom. The first-order valence-corrected chi connectivity index (χ1v) is 10.7. The molecule has 0 fully saturated rings. The number of carbonyl (C=O) groups is 1. The van der Waals surface area contributed by atoms with Gasteiger partial charge in [0.1, 0.15) is 5.76 Å². The maximum Gasteiger partial charge on any atom is 0.251 e. The van der Waals surface area contributed by atoms with Gasteiger partial charge in [0.25, 0.3) is 5.91 Å². The van der Waals surface area contributed by atoms with Gasteiger partial charge in [-0.2, -0.15) is 0 Å². The molecule has 164 valence electrons. The summed E-state index contributed by atoms with van der Waals surface area (Å²) in [7, 11) is 1.64. The van der Waals surface area contributed by atoms with Crippen molar-refractivity contribution in [2.75, 3.05) is 39.8 Å². The number of benzene rings is 1. The number of guanidine groups is 1. The fraction of sp³-hybridized carbons (Fsp3) is 0.478. The van der Waals surface area contributed by atoms with E-state index in [0.29, 0.717) is 12.1 Å². The van der Waals surface area contributed by atoms with Crippen molar-refractivity contribution in [3.05, 3.63) is 59.5 Å². The predicted octanol–water partition coefficient (Wildman–Crippen LogP) is 2.82. The van der Waals surface area contributed by atoms with Crippen molar-refractivity contribution in [3.63, 3.8) is 0 Å². The molecule has 0 spiro atoms.